The number of hydrogen-bond donors (Lipinski definition) is 1. The molecule has 1 saturated heterocycles. The molecule has 1 fully saturated rings. The lowest BCUT2D eigenvalue weighted by Gasteiger charge is -2.39. The van der Waals surface area contributed by atoms with Crippen LogP contribution in [0.15, 0.2) is 0 Å². The minimum absolute atomic E-state index is 0.0418. The molecule has 0 saturated carbocycles. The average Bonchev–Trinajstić information content (AvgIpc) is 2.21. The summed E-state index contributed by atoms with van der Waals surface area (Å²) in [4.78, 5) is 24.9. The summed E-state index contributed by atoms with van der Waals surface area (Å²) < 4.78 is 0. The van der Waals surface area contributed by atoms with Crippen molar-refractivity contribution in [3.8, 4) is 12.3 Å². The number of nitrogens with zero attached hydrogens (tertiary/aromatic N) is 1. The van der Waals surface area contributed by atoms with Gasteiger partial charge in [0, 0.05) is 13.0 Å². The molecule has 0 bridgehead atoms. The van der Waals surface area contributed by atoms with E-state index < -0.39 is 5.54 Å². The summed E-state index contributed by atoms with van der Waals surface area (Å²) in [5, 5.41) is 2.72. The van der Waals surface area contributed by atoms with Crippen LogP contribution in [-0.4, -0.2) is 35.3 Å². The van der Waals surface area contributed by atoms with Gasteiger partial charge in [0.25, 0.3) is 0 Å². The van der Waals surface area contributed by atoms with Crippen molar-refractivity contribution in [1.29, 1.82) is 0 Å². The van der Waals surface area contributed by atoms with Crippen molar-refractivity contribution < 1.29 is 9.59 Å². The van der Waals surface area contributed by atoms with E-state index in [1.54, 1.807) is 6.92 Å². The first-order valence-corrected chi connectivity index (χ1v) is 5.07. The molecule has 0 aliphatic carbocycles. The van der Waals surface area contributed by atoms with Gasteiger partial charge in [0.1, 0.15) is 5.54 Å². The molecule has 0 aromatic carbocycles. The monoisotopic (exact) mass is 208 g/mol. The molecule has 15 heavy (non-hydrogen) atoms. The number of carbonyl (C=O) groups is 2. The van der Waals surface area contributed by atoms with E-state index in [4.69, 9.17) is 6.42 Å². The molecule has 1 N–H and O–H groups in total. The second kappa shape index (κ2) is 4.35. The fourth-order valence-electron chi connectivity index (χ4n) is 1.61. The molecule has 1 rings (SSSR count). The van der Waals surface area contributed by atoms with Crippen molar-refractivity contribution in [1.82, 2.24) is 10.2 Å². The van der Waals surface area contributed by atoms with Gasteiger partial charge in [-0.25, -0.2) is 0 Å². The first-order chi connectivity index (χ1) is 7.03. The van der Waals surface area contributed by atoms with Crippen LogP contribution in [0.1, 0.15) is 26.7 Å². The number of carbonyl (C=O) groups excluding carboxylic acids is 2. The molecule has 1 heterocycles. The third-order valence-electron chi connectivity index (χ3n) is 2.74. The van der Waals surface area contributed by atoms with E-state index in [0.29, 0.717) is 19.4 Å². The third-order valence-corrected chi connectivity index (χ3v) is 2.74. The highest BCUT2D eigenvalue weighted by molar-refractivity contribution is 5.97. The minimum Gasteiger partial charge on any atom is -0.340 e. The fourth-order valence-corrected chi connectivity index (χ4v) is 1.61. The number of nitrogens with one attached hydrogen (secondary N) is 1. The van der Waals surface area contributed by atoms with Crippen LogP contribution in [0.5, 0.6) is 0 Å². The van der Waals surface area contributed by atoms with Crippen molar-refractivity contribution in [3.05, 3.63) is 0 Å². The highest BCUT2D eigenvalue weighted by atomic mass is 16.2. The Morgan fingerprint density at radius 3 is 2.80 bits per heavy atom. The zero-order valence-corrected chi connectivity index (χ0v) is 9.17. The van der Waals surface area contributed by atoms with Gasteiger partial charge >= 0.3 is 0 Å². The summed E-state index contributed by atoms with van der Waals surface area (Å²) in [7, 11) is 0. The first-order valence-electron chi connectivity index (χ1n) is 5.07. The van der Waals surface area contributed by atoms with Crippen LogP contribution < -0.4 is 5.32 Å². The molecule has 0 aromatic heterocycles. The Morgan fingerprint density at radius 2 is 2.27 bits per heavy atom. The van der Waals surface area contributed by atoms with E-state index in [2.05, 4.69) is 11.2 Å². The lowest BCUT2D eigenvalue weighted by Crippen LogP contribution is -2.65. The van der Waals surface area contributed by atoms with E-state index in [-0.39, 0.29) is 18.4 Å². The van der Waals surface area contributed by atoms with Crippen LogP contribution >= 0.6 is 0 Å². The van der Waals surface area contributed by atoms with Crippen molar-refractivity contribution in [2.45, 2.75) is 32.2 Å². The molecule has 82 valence electrons. The van der Waals surface area contributed by atoms with Gasteiger partial charge in [-0.2, -0.15) is 0 Å². The Morgan fingerprint density at radius 1 is 1.60 bits per heavy atom. The summed E-state index contributed by atoms with van der Waals surface area (Å²) in [5.74, 6) is 2.31. The number of amides is 2. The largest absolute Gasteiger partial charge is 0.340 e. The Balaban J connectivity index is 2.78. The average molecular weight is 208 g/mol. The second-order valence-corrected chi connectivity index (χ2v) is 3.91. The Hall–Kier alpha value is -1.50. The SMILES string of the molecule is C#CCCN1CC(=O)NC(C)(CC)C1=O. The molecule has 0 spiro atoms. The van der Waals surface area contributed by atoms with Crippen LogP contribution in [-0.2, 0) is 9.59 Å². The van der Waals surface area contributed by atoms with Crippen molar-refractivity contribution in [2.75, 3.05) is 13.1 Å². The van der Waals surface area contributed by atoms with Gasteiger partial charge in [-0.05, 0) is 13.3 Å². The molecule has 1 unspecified atom stereocenters. The van der Waals surface area contributed by atoms with Gasteiger partial charge in [0.15, 0.2) is 0 Å². The summed E-state index contributed by atoms with van der Waals surface area (Å²) in [5.41, 5.74) is -0.760. The number of rotatable bonds is 3. The zero-order chi connectivity index (χ0) is 11.5. The molecule has 0 aromatic rings. The lowest BCUT2D eigenvalue weighted by molar-refractivity contribution is -0.149. The maximum Gasteiger partial charge on any atom is 0.248 e. The van der Waals surface area contributed by atoms with Crippen molar-refractivity contribution in [3.63, 3.8) is 0 Å². The van der Waals surface area contributed by atoms with E-state index >= 15 is 0 Å². The number of terminal acetylenes is 1. The Kier molecular flexibility index (Phi) is 3.35. The van der Waals surface area contributed by atoms with E-state index in [9.17, 15) is 9.59 Å². The van der Waals surface area contributed by atoms with Gasteiger partial charge < -0.3 is 10.2 Å². The molecule has 0 radical (unpaired) electrons. The standard InChI is InChI=1S/C11H16N2O2/c1-4-6-7-13-8-9(14)12-11(3,5-2)10(13)15/h1H,5-8H2,2-3H3,(H,12,14). The molecule has 4 nitrogen and oxygen atoms in total. The predicted molar refractivity (Wildman–Crippen MR) is 56.9 cm³/mol. The lowest BCUT2D eigenvalue weighted by atomic mass is 9.94. The van der Waals surface area contributed by atoms with Crippen LogP contribution in [0.3, 0.4) is 0 Å². The molecule has 1 aliphatic rings. The van der Waals surface area contributed by atoms with Crippen molar-refractivity contribution >= 4 is 11.8 Å². The van der Waals surface area contributed by atoms with Crippen LogP contribution in [0.4, 0.5) is 0 Å². The minimum atomic E-state index is -0.760. The predicted octanol–water partition coefficient (Wildman–Crippen LogP) is 0.137. The van der Waals surface area contributed by atoms with Gasteiger partial charge in [-0.1, -0.05) is 6.92 Å². The molecule has 1 atom stereocenters. The molecule has 2 amide bonds. The second-order valence-electron chi connectivity index (χ2n) is 3.91. The highest BCUT2D eigenvalue weighted by Gasteiger charge is 2.40. The van der Waals surface area contributed by atoms with E-state index in [1.165, 1.54) is 4.90 Å². The number of hydrogen-bond acceptors (Lipinski definition) is 2. The summed E-state index contributed by atoms with van der Waals surface area (Å²) in [6.07, 6.45) is 6.21. The van der Waals surface area contributed by atoms with Crippen LogP contribution in [0.25, 0.3) is 0 Å². The van der Waals surface area contributed by atoms with Gasteiger partial charge in [-0.3, -0.25) is 9.59 Å². The maximum absolute atomic E-state index is 12.0. The molecular weight excluding hydrogens is 192 g/mol. The third kappa shape index (κ3) is 2.30. The zero-order valence-electron chi connectivity index (χ0n) is 9.17. The van der Waals surface area contributed by atoms with E-state index in [1.807, 2.05) is 6.92 Å². The van der Waals surface area contributed by atoms with E-state index in [0.717, 1.165) is 0 Å². The number of piperazine rings is 1. The summed E-state index contributed by atoms with van der Waals surface area (Å²) in [6.45, 7) is 4.20. The molecular formula is C11H16N2O2. The Bertz CT molecular complexity index is 319. The maximum atomic E-state index is 12.0. The smallest absolute Gasteiger partial charge is 0.248 e. The summed E-state index contributed by atoms with van der Waals surface area (Å²) >= 11 is 0. The van der Waals surface area contributed by atoms with Crippen LogP contribution in [0.2, 0.25) is 0 Å². The highest BCUT2D eigenvalue weighted by Crippen LogP contribution is 2.17. The first kappa shape index (κ1) is 11.6. The van der Waals surface area contributed by atoms with Crippen molar-refractivity contribution in [2.24, 2.45) is 0 Å². The summed E-state index contributed by atoms with van der Waals surface area (Å²) in [6, 6.07) is 0. The Labute approximate surface area is 90.0 Å². The topological polar surface area (TPSA) is 49.4 Å². The van der Waals surface area contributed by atoms with Crippen LogP contribution in [0, 0.1) is 12.3 Å². The quantitative estimate of drug-likeness (QED) is 0.670. The molecule has 1 aliphatic heterocycles. The van der Waals surface area contributed by atoms with Gasteiger partial charge in [0.05, 0.1) is 6.54 Å². The van der Waals surface area contributed by atoms with Gasteiger partial charge in [-0.15, -0.1) is 12.3 Å². The fraction of sp³-hybridized carbons (Fsp3) is 0.636. The normalized spacial score (nSPS) is 26.1. The molecule has 4 heteroatoms. The van der Waals surface area contributed by atoms with Gasteiger partial charge in [0.2, 0.25) is 11.8 Å².